The van der Waals surface area contributed by atoms with E-state index >= 15 is 0 Å². The van der Waals surface area contributed by atoms with Crippen molar-refractivity contribution in [3.05, 3.63) is 58.6 Å². The number of hydrogen-bond acceptors (Lipinski definition) is 3. The van der Waals surface area contributed by atoms with Gasteiger partial charge in [-0.25, -0.2) is 0 Å². The monoisotopic (exact) mass is 384 g/mol. The number of thioether (sulfide) groups is 1. The molecule has 25 heavy (non-hydrogen) atoms. The zero-order chi connectivity index (χ0) is 18.4. The summed E-state index contributed by atoms with van der Waals surface area (Å²) in [5, 5.41) is 11.2. The van der Waals surface area contributed by atoms with Crippen molar-refractivity contribution in [2.75, 3.05) is 11.1 Å². The molecule has 0 aliphatic heterocycles. The number of nitrogens with zero attached hydrogens (tertiary/aromatic N) is 1. The first-order valence-electron chi connectivity index (χ1n) is 7.10. The van der Waals surface area contributed by atoms with Crippen LogP contribution >= 0.6 is 23.4 Å². The highest BCUT2D eigenvalue weighted by Crippen LogP contribution is 2.37. The molecule has 0 saturated carbocycles. The summed E-state index contributed by atoms with van der Waals surface area (Å²) < 4.78 is 38.4. The number of alkyl halides is 3. The third-order valence-electron chi connectivity index (χ3n) is 3.16. The van der Waals surface area contributed by atoms with E-state index in [-0.39, 0.29) is 17.4 Å². The molecule has 0 aromatic heterocycles. The molecule has 2 rings (SSSR count). The summed E-state index contributed by atoms with van der Waals surface area (Å²) in [6.07, 6.45) is -4.43. The highest BCUT2D eigenvalue weighted by atomic mass is 35.5. The maximum Gasteiger partial charge on any atom is 0.417 e. The van der Waals surface area contributed by atoms with E-state index in [9.17, 15) is 18.0 Å². The van der Waals surface area contributed by atoms with Gasteiger partial charge in [-0.2, -0.15) is 18.4 Å². The number of halogens is 4. The lowest BCUT2D eigenvalue weighted by molar-refractivity contribution is -0.137. The summed E-state index contributed by atoms with van der Waals surface area (Å²) in [4.78, 5) is 12.3. The highest BCUT2D eigenvalue weighted by molar-refractivity contribution is 7.99. The molecule has 130 valence electrons. The lowest BCUT2D eigenvalue weighted by Gasteiger charge is -2.11. The van der Waals surface area contributed by atoms with E-state index in [1.54, 1.807) is 24.3 Å². The van der Waals surface area contributed by atoms with Crippen LogP contribution in [0.5, 0.6) is 0 Å². The van der Waals surface area contributed by atoms with Gasteiger partial charge in [0, 0.05) is 17.1 Å². The molecule has 0 saturated heterocycles. The Hall–Kier alpha value is -2.17. The maximum absolute atomic E-state index is 12.8. The number of nitriles is 1. The van der Waals surface area contributed by atoms with Gasteiger partial charge in [0.15, 0.2) is 0 Å². The molecule has 0 aliphatic rings. The molecule has 0 bridgehead atoms. The topological polar surface area (TPSA) is 52.9 Å². The van der Waals surface area contributed by atoms with Gasteiger partial charge in [-0.15, -0.1) is 11.8 Å². The van der Waals surface area contributed by atoms with Crippen molar-refractivity contribution in [3.63, 3.8) is 0 Å². The summed E-state index contributed by atoms with van der Waals surface area (Å²) >= 11 is 6.69. The van der Waals surface area contributed by atoms with Crippen LogP contribution < -0.4 is 5.32 Å². The van der Waals surface area contributed by atoms with Gasteiger partial charge in [-0.3, -0.25) is 4.79 Å². The molecule has 8 heteroatoms. The first kappa shape index (κ1) is 19.2. The largest absolute Gasteiger partial charge is 0.417 e. The van der Waals surface area contributed by atoms with Crippen molar-refractivity contribution >= 4 is 35.0 Å². The first-order chi connectivity index (χ1) is 11.8. The van der Waals surface area contributed by atoms with Crippen LogP contribution in [0.3, 0.4) is 0 Å². The first-order valence-corrected chi connectivity index (χ1v) is 8.46. The van der Waals surface area contributed by atoms with E-state index in [1.807, 2.05) is 6.07 Å². The van der Waals surface area contributed by atoms with Crippen LogP contribution in [0.4, 0.5) is 18.9 Å². The summed E-state index contributed by atoms with van der Waals surface area (Å²) in [5.41, 5.74) is -0.145. The number of rotatable bonds is 5. The lowest BCUT2D eigenvalue weighted by Crippen LogP contribution is -2.13. The summed E-state index contributed by atoms with van der Waals surface area (Å²) in [6, 6.07) is 12.2. The van der Waals surface area contributed by atoms with Gasteiger partial charge < -0.3 is 5.32 Å². The standard InChI is InChI=1S/C17H12ClF3N2OS/c18-14-6-5-12(9-13(14)17(19,20)21)25-8-7-16(24)23-15-4-2-1-3-11(15)10-22/h1-6,9H,7-8H2,(H,23,24). The van der Waals surface area contributed by atoms with E-state index in [4.69, 9.17) is 16.9 Å². The van der Waals surface area contributed by atoms with Crippen LogP contribution in [0.2, 0.25) is 5.02 Å². The second-order valence-electron chi connectivity index (χ2n) is 4.94. The normalized spacial score (nSPS) is 11.0. The number of amides is 1. The molecule has 0 atom stereocenters. The fourth-order valence-electron chi connectivity index (χ4n) is 1.98. The number of carbonyl (C=O) groups is 1. The molecule has 0 radical (unpaired) electrons. The van der Waals surface area contributed by atoms with Gasteiger partial charge in [0.2, 0.25) is 5.91 Å². The van der Waals surface area contributed by atoms with Crippen LogP contribution in [-0.4, -0.2) is 11.7 Å². The number of carbonyl (C=O) groups excluding carboxylic acids is 1. The highest BCUT2D eigenvalue weighted by Gasteiger charge is 2.33. The molecular formula is C17H12ClF3N2OS. The summed E-state index contributed by atoms with van der Waals surface area (Å²) in [5.74, 6) is -0.0281. The van der Waals surface area contributed by atoms with Gasteiger partial charge >= 0.3 is 6.18 Å². The van der Waals surface area contributed by atoms with Crippen LogP contribution in [0, 0.1) is 11.3 Å². The second kappa shape index (κ2) is 8.28. The van der Waals surface area contributed by atoms with Crippen LogP contribution in [0.25, 0.3) is 0 Å². The Bertz CT molecular complexity index is 818. The van der Waals surface area contributed by atoms with Crippen molar-refractivity contribution in [3.8, 4) is 6.07 Å². The number of hydrogen-bond donors (Lipinski definition) is 1. The molecule has 1 N–H and O–H groups in total. The van der Waals surface area contributed by atoms with Crippen LogP contribution in [0.15, 0.2) is 47.4 Å². The van der Waals surface area contributed by atoms with Gasteiger partial charge in [0.25, 0.3) is 0 Å². The Morgan fingerprint density at radius 2 is 1.96 bits per heavy atom. The van der Waals surface area contributed by atoms with Crippen molar-refractivity contribution < 1.29 is 18.0 Å². The van der Waals surface area contributed by atoms with Crippen molar-refractivity contribution in [2.45, 2.75) is 17.5 Å². The minimum absolute atomic E-state index is 0.0917. The Kier molecular flexibility index (Phi) is 6.34. The second-order valence-corrected chi connectivity index (χ2v) is 6.52. The predicted octanol–water partition coefficient (Wildman–Crippen LogP) is 5.35. The van der Waals surface area contributed by atoms with Crippen molar-refractivity contribution in [2.24, 2.45) is 0 Å². The molecule has 0 spiro atoms. The van der Waals surface area contributed by atoms with Crippen LogP contribution in [-0.2, 0) is 11.0 Å². The average molecular weight is 385 g/mol. The smallest absolute Gasteiger partial charge is 0.325 e. The number of para-hydroxylation sites is 1. The minimum atomic E-state index is -4.52. The maximum atomic E-state index is 12.8. The number of benzene rings is 2. The minimum Gasteiger partial charge on any atom is -0.325 e. The van der Waals surface area contributed by atoms with E-state index < -0.39 is 11.7 Å². The Balaban J connectivity index is 1.93. The van der Waals surface area contributed by atoms with Crippen LogP contribution in [0.1, 0.15) is 17.5 Å². The fraction of sp³-hybridized carbons (Fsp3) is 0.176. The molecule has 0 fully saturated rings. The lowest BCUT2D eigenvalue weighted by atomic mass is 10.2. The average Bonchev–Trinajstić information content (AvgIpc) is 2.56. The van der Waals surface area contributed by atoms with Gasteiger partial charge in [0.05, 0.1) is 21.8 Å². The molecule has 2 aromatic carbocycles. The quantitative estimate of drug-likeness (QED) is 0.707. The molecule has 2 aromatic rings. The number of anilines is 1. The predicted molar refractivity (Wildman–Crippen MR) is 91.6 cm³/mol. The Morgan fingerprint density at radius 3 is 2.64 bits per heavy atom. The zero-order valence-electron chi connectivity index (χ0n) is 12.7. The number of nitrogens with one attached hydrogen (secondary N) is 1. The molecular weight excluding hydrogens is 373 g/mol. The van der Waals surface area contributed by atoms with Crippen molar-refractivity contribution in [1.82, 2.24) is 0 Å². The van der Waals surface area contributed by atoms with E-state index in [0.717, 1.165) is 17.8 Å². The van der Waals surface area contributed by atoms with Crippen molar-refractivity contribution in [1.29, 1.82) is 5.26 Å². The summed E-state index contributed by atoms with van der Waals surface area (Å²) in [7, 11) is 0. The SMILES string of the molecule is N#Cc1ccccc1NC(=O)CCSc1ccc(Cl)c(C(F)(F)F)c1. The van der Waals surface area contributed by atoms with Gasteiger partial charge in [0.1, 0.15) is 6.07 Å². The molecule has 0 heterocycles. The third kappa shape index (κ3) is 5.41. The zero-order valence-corrected chi connectivity index (χ0v) is 14.3. The van der Waals surface area contributed by atoms with E-state index in [2.05, 4.69) is 5.32 Å². The van der Waals surface area contributed by atoms with E-state index in [0.29, 0.717) is 21.9 Å². The molecule has 0 aliphatic carbocycles. The van der Waals surface area contributed by atoms with Gasteiger partial charge in [-0.05, 0) is 30.3 Å². The van der Waals surface area contributed by atoms with E-state index in [1.165, 1.54) is 12.1 Å². The Labute approximate surface area is 151 Å². The molecule has 0 unspecified atom stereocenters. The molecule has 3 nitrogen and oxygen atoms in total. The third-order valence-corrected chi connectivity index (χ3v) is 4.49. The fourth-order valence-corrected chi connectivity index (χ4v) is 3.09. The Morgan fingerprint density at radius 1 is 1.24 bits per heavy atom. The molecule has 1 amide bonds. The summed E-state index contributed by atoms with van der Waals surface area (Å²) in [6.45, 7) is 0. The van der Waals surface area contributed by atoms with Gasteiger partial charge in [-0.1, -0.05) is 23.7 Å².